The molecule has 1 N–H and O–H groups in total. The van der Waals surface area contributed by atoms with Crippen molar-refractivity contribution < 1.29 is 27.4 Å². The fraction of sp³-hybridized carbons (Fsp3) is 0.588. The van der Waals surface area contributed by atoms with Gasteiger partial charge in [-0.1, -0.05) is 6.07 Å². The predicted molar refractivity (Wildman–Crippen MR) is 84.5 cm³/mol. The lowest BCUT2D eigenvalue weighted by Crippen LogP contribution is -2.49. The van der Waals surface area contributed by atoms with Crippen molar-refractivity contribution in [1.82, 2.24) is 10.2 Å². The lowest BCUT2D eigenvalue weighted by molar-refractivity contribution is -0.155. The molecular formula is C17H21F3N2O3. The molecule has 2 heterocycles. The zero-order valence-electron chi connectivity index (χ0n) is 13.8. The summed E-state index contributed by atoms with van der Waals surface area (Å²) in [5.41, 5.74) is 0.883. The largest absolute Gasteiger partial charge is 0.486 e. The van der Waals surface area contributed by atoms with E-state index in [1.165, 1.54) is 0 Å². The SMILES string of the molecule is O=C(CC(F)(F)F)N[C@@H](Cc1ccc2c(c1)OCCO2)N1CCCC1. The van der Waals surface area contributed by atoms with Crippen LogP contribution in [0.2, 0.25) is 0 Å². The van der Waals surface area contributed by atoms with Crippen molar-refractivity contribution in [2.75, 3.05) is 26.3 Å². The number of nitrogens with zero attached hydrogens (tertiary/aromatic N) is 1. The van der Waals surface area contributed by atoms with E-state index in [0.29, 0.717) is 31.1 Å². The van der Waals surface area contributed by atoms with Gasteiger partial charge in [0.25, 0.3) is 0 Å². The van der Waals surface area contributed by atoms with Crippen LogP contribution in [0.1, 0.15) is 24.8 Å². The Morgan fingerprint density at radius 1 is 1.16 bits per heavy atom. The van der Waals surface area contributed by atoms with Crippen LogP contribution in [0, 0.1) is 0 Å². The number of halogens is 3. The van der Waals surface area contributed by atoms with Crippen LogP contribution < -0.4 is 14.8 Å². The Morgan fingerprint density at radius 2 is 1.84 bits per heavy atom. The minimum atomic E-state index is -4.50. The number of hydrogen-bond acceptors (Lipinski definition) is 4. The second-order valence-electron chi connectivity index (χ2n) is 6.30. The number of alkyl halides is 3. The summed E-state index contributed by atoms with van der Waals surface area (Å²) < 4.78 is 48.3. The first kappa shape index (κ1) is 17.8. The minimum absolute atomic E-state index is 0.417. The van der Waals surface area contributed by atoms with Gasteiger partial charge in [-0.2, -0.15) is 13.2 Å². The molecule has 0 aliphatic carbocycles. The van der Waals surface area contributed by atoms with Crippen molar-refractivity contribution in [1.29, 1.82) is 0 Å². The third kappa shape index (κ3) is 5.01. The molecule has 0 radical (unpaired) electrons. The highest BCUT2D eigenvalue weighted by Crippen LogP contribution is 2.31. The number of hydrogen-bond donors (Lipinski definition) is 1. The highest BCUT2D eigenvalue weighted by atomic mass is 19.4. The summed E-state index contributed by atoms with van der Waals surface area (Å²) in [4.78, 5) is 13.8. The van der Waals surface area contributed by atoms with Gasteiger partial charge in [-0.3, -0.25) is 9.69 Å². The number of nitrogens with one attached hydrogen (secondary N) is 1. The molecule has 5 nitrogen and oxygen atoms in total. The maximum Gasteiger partial charge on any atom is 0.397 e. The van der Waals surface area contributed by atoms with Crippen LogP contribution in [-0.4, -0.2) is 49.5 Å². The molecule has 0 saturated carbocycles. The van der Waals surface area contributed by atoms with E-state index in [9.17, 15) is 18.0 Å². The van der Waals surface area contributed by atoms with Gasteiger partial charge in [0, 0.05) is 19.5 Å². The Balaban J connectivity index is 1.70. The maximum atomic E-state index is 12.4. The van der Waals surface area contributed by atoms with Crippen LogP contribution in [0.3, 0.4) is 0 Å². The van der Waals surface area contributed by atoms with Crippen LogP contribution in [0.15, 0.2) is 18.2 Å². The first-order valence-corrected chi connectivity index (χ1v) is 8.39. The van der Waals surface area contributed by atoms with E-state index in [1.807, 2.05) is 17.0 Å². The summed E-state index contributed by atoms with van der Waals surface area (Å²) in [6.45, 7) is 2.49. The van der Waals surface area contributed by atoms with Crippen LogP contribution in [0.25, 0.3) is 0 Å². The number of amides is 1. The molecule has 1 saturated heterocycles. The summed E-state index contributed by atoms with van der Waals surface area (Å²) in [6.07, 6.45) is -4.05. The van der Waals surface area contributed by atoms with Gasteiger partial charge < -0.3 is 14.8 Å². The standard InChI is InChI=1S/C17H21F3N2O3/c18-17(19,20)11-16(23)21-15(22-5-1-2-6-22)10-12-3-4-13-14(9-12)25-8-7-24-13/h3-4,9,15H,1-2,5-8,10-11H2,(H,21,23)/t15-/m1/s1. The summed E-state index contributed by atoms with van der Waals surface area (Å²) in [5, 5.41) is 2.54. The van der Waals surface area contributed by atoms with E-state index in [4.69, 9.17) is 9.47 Å². The summed E-state index contributed by atoms with van der Waals surface area (Å²) in [7, 11) is 0. The lowest BCUT2D eigenvalue weighted by atomic mass is 10.1. The lowest BCUT2D eigenvalue weighted by Gasteiger charge is -2.29. The van der Waals surface area contributed by atoms with Crippen molar-refractivity contribution in [3.05, 3.63) is 23.8 Å². The Hall–Kier alpha value is -1.96. The molecule has 25 heavy (non-hydrogen) atoms. The van der Waals surface area contributed by atoms with Crippen LogP contribution in [0.5, 0.6) is 11.5 Å². The highest BCUT2D eigenvalue weighted by molar-refractivity contribution is 5.76. The molecule has 0 spiro atoms. The topological polar surface area (TPSA) is 50.8 Å². The fourth-order valence-electron chi connectivity index (χ4n) is 3.18. The minimum Gasteiger partial charge on any atom is -0.486 e. The van der Waals surface area contributed by atoms with Crippen molar-refractivity contribution in [2.24, 2.45) is 0 Å². The molecule has 1 aromatic carbocycles. The quantitative estimate of drug-likeness (QED) is 0.879. The summed E-state index contributed by atoms with van der Waals surface area (Å²) >= 11 is 0. The number of benzene rings is 1. The first-order valence-electron chi connectivity index (χ1n) is 8.39. The second kappa shape index (κ2) is 7.51. The molecule has 1 fully saturated rings. The van der Waals surface area contributed by atoms with Crippen LogP contribution in [-0.2, 0) is 11.2 Å². The predicted octanol–water partition coefficient (Wildman–Crippen LogP) is 2.49. The summed E-state index contributed by atoms with van der Waals surface area (Å²) in [6, 6.07) is 5.47. The molecule has 0 unspecified atom stereocenters. The van der Waals surface area contributed by atoms with E-state index in [-0.39, 0.29) is 0 Å². The van der Waals surface area contributed by atoms with Gasteiger partial charge in [0.15, 0.2) is 11.5 Å². The van der Waals surface area contributed by atoms with Crippen LogP contribution >= 0.6 is 0 Å². The third-order valence-electron chi connectivity index (χ3n) is 4.31. The van der Waals surface area contributed by atoms with Crippen molar-refractivity contribution in [3.8, 4) is 11.5 Å². The molecule has 1 amide bonds. The summed E-state index contributed by atoms with van der Waals surface area (Å²) in [5.74, 6) is 0.293. The molecule has 138 valence electrons. The third-order valence-corrected chi connectivity index (χ3v) is 4.31. The van der Waals surface area contributed by atoms with E-state index in [0.717, 1.165) is 31.5 Å². The number of rotatable bonds is 5. The zero-order chi connectivity index (χ0) is 17.9. The molecule has 2 aliphatic heterocycles. The Bertz CT molecular complexity index is 616. The van der Waals surface area contributed by atoms with Gasteiger partial charge in [-0.25, -0.2) is 0 Å². The zero-order valence-corrected chi connectivity index (χ0v) is 13.8. The highest BCUT2D eigenvalue weighted by Gasteiger charge is 2.33. The number of carbonyl (C=O) groups excluding carboxylic acids is 1. The number of fused-ring (bicyclic) bond motifs is 1. The number of carbonyl (C=O) groups is 1. The Kier molecular flexibility index (Phi) is 5.36. The molecule has 3 rings (SSSR count). The molecule has 2 aliphatic rings. The molecule has 1 aromatic rings. The smallest absolute Gasteiger partial charge is 0.397 e. The average Bonchev–Trinajstić information content (AvgIpc) is 3.07. The van der Waals surface area contributed by atoms with Gasteiger partial charge in [-0.05, 0) is 30.5 Å². The average molecular weight is 358 g/mol. The van der Waals surface area contributed by atoms with Crippen molar-refractivity contribution >= 4 is 5.91 Å². The normalized spacial score (nSPS) is 18.8. The Morgan fingerprint density at radius 3 is 2.52 bits per heavy atom. The van der Waals surface area contributed by atoms with Crippen molar-refractivity contribution in [2.45, 2.75) is 38.0 Å². The van der Waals surface area contributed by atoms with E-state index in [2.05, 4.69) is 5.32 Å². The van der Waals surface area contributed by atoms with Crippen molar-refractivity contribution in [3.63, 3.8) is 0 Å². The van der Waals surface area contributed by atoms with Gasteiger partial charge in [-0.15, -0.1) is 0 Å². The van der Waals surface area contributed by atoms with E-state index < -0.39 is 24.7 Å². The molecule has 0 aromatic heterocycles. The first-order chi connectivity index (χ1) is 11.9. The second-order valence-corrected chi connectivity index (χ2v) is 6.30. The van der Waals surface area contributed by atoms with E-state index in [1.54, 1.807) is 6.07 Å². The van der Waals surface area contributed by atoms with Gasteiger partial charge in [0.05, 0.1) is 6.17 Å². The molecule has 1 atom stereocenters. The van der Waals surface area contributed by atoms with Gasteiger partial charge in [0.1, 0.15) is 19.6 Å². The number of ether oxygens (including phenoxy) is 2. The Labute approximate surface area is 144 Å². The number of likely N-dealkylation sites (tertiary alicyclic amines) is 1. The van der Waals surface area contributed by atoms with Crippen LogP contribution in [0.4, 0.5) is 13.2 Å². The molecule has 0 bridgehead atoms. The monoisotopic (exact) mass is 358 g/mol. The molecular weight excluding hydrogens is 337 g/mol. The maximum absolute atomic E-state index is 12.4. The van der Waals surface area contributed by atoms with Gasteiger partial charge in [0.2, 0.25) is 5.91 Å². The van der Waals surface area contributed by atoms with E-state index >= 15 is 0 Å². The molecule has 8 heteroatoms. The fourth-order valence-corrected chi connectivity index (χ4v) is 3.18. The van der Waals surface area contributed by atoms with Gasteiger partial charge >= 0.3 is 6.18 Å².